The van der Waals surface area contributed by atoms with Crippen molar-refractivity contribution in [2.75, 3.05) is 6.54 Å². The van der Waals surface area contributed by atoms with Crippen molar-refractivity contribution in [1.82, 2.24) is 0 Å². The summed E-state index contributed by atoms with van der Waals surface area (Å²) in [5, 5.41) is 0. The second kappa shape index (κ2) is 13.8. The van der Waals surface area contributed by atoms with E-state index in [1.54, 1.807) is 0 Å². The molecule has 0 unspecified atom stereocenters. The minimum absolute atomic E-state index is 0.979. The predicted octanol–water partition coefficient (Wildman–Crippen LogP) is 5.64. The Labute approximate surface area is 264 Å². The highest BCUT2D eigenvalue weighted by Gasteiger charge is 2.52. The first-order valence-electron chi connectivity index (χ1n) is 12.4. The molecule has 0 fully saturated rings. The van der Waals surface area contributed by atoms with Gasteiger partial charge >= 0.3 is 6.18 Å². The van der Waals surface area contributed by atoms with Crippen LogP contribution in [-0.4, -0.2) is 18.9 Å². The summed E-state index contributed by atoms with van der Waals surface area (Å²) in [6.45, 7) is -0.979. The number of benzene rings is 4. The first-order chi connectivity index (χ1) is 23.3. The normalized spacial score (nSPS) is 12.0. The minimum Gasteiger partial charge on any atom is -0.350 e. The fourth-order valence-corrected chi connectivity index (χ4v) is 4.87. The van der Waals surface area contributed by atoms with Crippen LogP contribution in [0.15, 0.2) is 0 Å². The van der Waals surface area contributed by atoms with E-state index in [0.29, 0.717) is 0 Å². The highest BCUT2D eigenvalue weighted by molar-refractivity contribution is 7.20. The van der Waals surface area contributed by atoms with Crippen LogP contribution in [0.5, 0.6) is 0 Å². The Morgan fingerprint density at radius 1 is 0.275 bits per heavy atom. The zero-order chi connectivity index (χ0) is 39.6. The van der Waals surface area contributed by atoms with Gasteiger partial charge < -0.3 is 5.73 Å². The van der Waals surface area contributed by atoms with E-state index in [2.05, 4.69) is 5.73 Å². The summed E-state index contributed by atoms with van der Waals surface area (Å²) in [7, 11) is 0. The molecule has 0 radical (unpaired) electrons. The molecule has 4 aromatic carbocycles. The lowest BCUT2D eigenvalue weighted by Crippen LogP contribution is -2.81. The molecule has 0 spiro atoms. The maximum atomic E-state index is 15.4. The van der Waals surface area contributed by atoms with Crippen molar-refractivity contribution in [3.63, 3.8) is 0 Å². The summed E-state index contributed by atoms with van der Waals surface area (Å²) < 4.78 is 326. The highest BCUT2D eigenvalue weighted by Crippen LogP contribution is 2.30. The number of hydrogen-bond acceptors (Lipinski definition) is 0. The Morgan fingerprint density at radius 3 is 0.471 bits per heavy atom. The third-order valence-electron chi connectivity index (χ3n) is 6.99. The van der Waals surface area contributed by atoms with Crippen LogP contribution in [0.4, 0.5) is 101 Å². The summed E-state index contributed by atoms with van der Waals surface area (Å²) >= 11 is 0. The molecule has 4 aromatic rings. The van der Waals surface area contributed by atoms with Crippen LogP contribution in [0.3, 0.4) is 0 Å². The molecule has 0 saturated heterocycles. The zero-order valence-electron chi connectivity index (χ0n) is 23.2. The molecule has 0 amide bonds. The lowest BCUT2D eigenvalue weighted by Gasteiger charge is -2.44. The zero-order valence-corrected chi connectivity index (χ0v) is 23.2. The van der Waals surface area contributed by atoms with Crippen molar-refractivity contribution >= 4 is 28.0 Å². The van der Waals surface area contributed by atoms with Gasteiger partial charge in [-0.15, -0.1) is 21.9 Å². The molecule has 0 heterocycles. The molecule has 0 aromatic heterocycles. The van der Waals surface area contributed by atoms with E-state index >= 15 is 35.1 Å². The van der Waals surface area contributed by atoms with Gasteiger partial charge in [0.25, 0.3) is 0 Å². The van der Waals surface area contributed by atoms with E-state index in [1.807, 2.05) is 0 Å². The summed E-state index contributed by atoms with van der Waals surface area (Å²) in [6.07, 6.45) is -11.3. The number of hydrogen-bond donors (Lipinski definition) is 1. The molecule has 4 rings (SSSR count). The van der Waals surface area contributed by atoms with Crippen molar-refractivity contribution in [1.29, 1.82) is 0 Å². The molecule has 1 nitrogen and oxygen atoms in total. The second-order valence-electron chi connectivity index (χ2n) is 9.67. The standard InChI is InChI=1S/C24BF20.C2H4F3N/c26-5-1(6(27)14(35)21(42)13(5)34)25(2-7(28)15(36)22(43)16(37)8(2)29,3-9(30)17(38)23(44)18(39)10(3)31)4-11(32)19(40)24(45)20(41)12(4)33;3-2(4,5)1-6/h;1,6H2/q-1;/p+1. The van der Waals surface area contributed by atoms with Crippen LogP contribution in [0.2, 0.25) is 0 Å². The van der Waals surface area contributed by atoms with E-state index < -0.39 is 157 Å². The maximum Gasteiger partial charge on any atom is 0.438 e. The van der Waals surface area contributed by atoms with Gasteiger partial charge in [-0.05, 0) is 0 Å². The summed E-state index contributed by atoms with van der Waals surface area (Å²) in [6, 6.07) is 0. The van der Waals surface area contributed by atoms with Gasteiger partial charge in [0.15, 0.2) is 76.4 Å². The lowest BCUT2D eigenvalue weighted by molar-refractivity contribution is -0.426. The number of quaternary nitrogens is 1. The van der Waals surface area contributed by atoms with Gasteiger partial charge in [-0.3, -0.25) is 0 Å². The maximum absolute atomic E-state index is 15.4. The molecule has 0 aliphatic heterocycles. The number of halogens is 23. The molecule has 0 aliphatic carbocycles. The van der Waals surface area contributed by atoms with Crippen LogP contribution in [0.1, 0.15) is 0 Å². The van der Waals surface area contributed by atoms with Crippen molar-refractivity contribution in [2.45, 2.75) is 6.18 Å². The summed E-state index contributed by atoms with van der Waals surface area (Å²) in [5.41, 5.74) is -11.7. The monoisotopic (exact) mass is 779 g/mol. The SMILES string of the molecule is Fc1c(F)c(F)c([B-](c2c(F)c(F)c(F)c(F)c2F)(c2c(F)c(F)c(F)c(F)c2F)c2c(F)c(F)c(F)c(F)c2F)c(F)c1F.[NH3+]CC(F)(F)F. The number of alkyl halides is 3. The first-order valence-corrected chi connectivity index (χ1v) is 12.4. The van der Waals surface area contributed by atoms with Gasteiger partial charge in [0.1, 0.15) is 52.7 Å². The van der Waals surface area contributed by atoms with Crippen molar-refractivity contribution in [2.24, 2.45) is 0 Å². The van der Waals surface area contributed by atoms with Crippen molar-refractivity contribution in [3.8, 4) is 0 Å². The predicted molar refractivity (Wildman–Crippen MR) is 123 cm³/mol. The van der Waals surface area contributed by atoms with E-state index in [4.69, 9.17) is 0 Å². The van der Waals surface area contributed by atoms with Gasteiger partial charge in [0.05, 0.1) is 0 Å². The average Bonchev–Trinajstić information content (AvgIpc) is 3.08. The van der Waals surface area contributed by atoms with Gasteiger partial charge in [-0.2, -0.15) is 13.2 Å². The molecule has 0 saturated carbocycles. The third-order valence-corrected chi connectivity index (χ3v) is 6.99. The number of rotatable bonds is 4. The van der Waals surface area contributed by atoms with Crippen LogP contribution in [0.25, 0.3) is 0 Å². The van der Waals surface area contributed by atoms with E-state index in [0.717, 1.165) is 0 Å². The molecule has 25 heteroatoms. The summed E-state index contributed by atoms with van der Waals surface area (Å²) in [4.78, 5) is 0. The fourth-order valence-electron chi connectivity index (χ4n) is 4.87. The quantitative estimate of drug-likeness (QED) is 0.121. The topological polar surface area (TPSA) is 27.6 Å². The minimum atomic E-state index is -7.22. The molecule has 3 N–H and O–H groups in total. The molecule has 51 heavy (non-hydrogen) atoms. The summed E-state index contributed by atoms with van der Waals surface area (Å²) in [5.74, 6) is -71.4. The molecule has 278 valence electrons. The largest absolute Gasteiger partial charge is 0.438 e. The van der Waals surface area contributed by atoms with Crippen LogP contribution in [0, 0.1) is 116 Å². The molecular formula is C26H5BF23N. The Kier molecular flexibility index (Phi) is 11.0. The fraction of sp³-hybridized carbons (Fsp3) is 0.0769. The van der Waals surface area contributed by atoms with Crippen molar-refractivity contribution < 1.29 is 107 Å². The molecule has 0 atom stereocenters. The van der Waals surface area contributed by atoms with Gasteiger partial charge in [0.2, 0.25) is 0 Å². The Hall–Kier alpha value is -4.71. The average molecular weight is 779 g/mol. The Morgan fingerprint density at radius 2 is 0.373 bits per heavy atom. The van der Waals surface area contributed by atoms with Crippen LogP contribution in [-0.2, 0) is 0 Å². The third kappa shape index (κ3) is 6.07. The van der Waals surface area contributed by atoms with E-state index in [1.165, 1.54) is 0 Å². The smallest absolute Gasteiger partial charge is 0.350 e. The van der Waals surface area contributed by atoms with Gasteiger partial charge in [-0.1, -0.05) is 0 Å². The molecular weight excluding hydrogens is 774 g/mol. The van der Waals surface area contributed by atoms with E-state index in [-0.39, 0.29) is 0 Å². The van der Waals surface area contributed by atoms with Crippen LogP contribution >= 0.6 is 0 Å². The highest BCUT2D eigenvalue weighted by atomic mass is 19.4. The molecule has 0 bridgehead atoms. The lowest BCUT2D eigenvalue weighted by atomic mass is 9.12. The van der Waals surface area contributed by atoms with E-state index in [9.17, 15) is 65.9 Å². The second-order valence-corrected chi connectivity index (χ2v) is 9.67. The Bertz CT molecular complexity index is 1690. The molecule has 0 aliphatic rings. The van der Waals surface area contributed by atoms with Gasteiger partial charge in [-0.25, -0.2) is 87.8 Å². The Balaban J connectivity index is 0.00000107. The van der Waals surface area contributed by atoms with Gasteiger partial charge in [0, 0.05) is 0 Å². The van der Waals surface area contributed by atoms with Crippen molar-refractivity contribution in [3.05, 3.63) is 116 Å². The first kappa shape index (κ1) is 40.7. The van der Waals surface area contributed by atoms with Crippen LogP contribution < -0.4 is 27.6 Å².